The average Bonchev–Trinajstić information content (AvgIpc) is 2.51. The van der Waals surface area contributed by atoms with Crippen LogP contribution in [0.2, 0.25) is 0 Å². The van der Waals surface area contributed by atoms with E-state index in [2.05, 4.69) is 5.32 Å². The summed E-state index contributed by atoms with van der Waals surface area (Å²) in [7, 11) is 3.24. The van der Waals surface area contributed by atoms with Gasteiger partial charge >= 0.3 is 0 Å². The molecule has 0 fully saturated rings. The predicted molar refractivity (Wildman–Crippen MR) is 81.4 cm³/mol. The average molecular weight is 289 g/mol. The van der Waals surface area contributed by atoms with Crippen molar-refractivity contribution in [1.82, 2.24) is 5.32 Å². The minimum absolute atomic E-state index is 0.188. The summed E-state index contributed by atoms with van der Waals surface area (Å²) >= 11 is 0. The summed E-state index contributed by atoms with van der Waals surface area (Å²) < 4.78 is 23.5. The Morgan fingerprint density at radius 1 is 0.952 bits per heavy atom. The second-order valence-corrected chi connectivity index (χ2v) is 4.75. The van der Waals surface area contributed by atoms with E-state index in [1.54, 1.807) is 26.4 Å². The summed E-state index contributed by atoms with van der Waals surface area (Å²) in [4.78, 5) is 0. The smallest absolute Gasteiger partial charge is 0.161 e. The van der Waals surface area contributed by atoms with Gasteiger partial charge in [0, 0.05) is 6.54 Å². The second kappa shape index (κ2) is 7.64. The molecule has 3 nitrogen and oxygen atoms in total. The Labute approximate surface area is 124 Å². The number of benzene rings is 2. The Hall–Kier alpha value is -2.07. The summed E-state index contributed by atoms with van der Waals surface area (Å²) in [6.45, 7) is 1.52. The van der Waals surface area contributed by atoms with E-state index in [1.165, 1.54) is 6.07 Å². The molecule has 0 aliphatic rings. The number of hydrogen-bond donors (Lipinski definition) is 1. The maximum atomic E-state index is 13.0. The van der Waals surface area contributed by atoms with Gasteiger partial charge < -0.3 is 14.8 Å². The molecule has 0 saturated carbocycles. The van der Waals surface area contributed by atoms with Gasteiger partial charge in [-0.05, 0) is 48.4 Å². The normalized spacial score (nSPS) is 10.4. The van der Waals surface area contributed by atoms with Gasteiger partial charge in [-0.3, -0.25) is 0 Å². The van der Waals surface area contributed by atoms with E-state index in [0.29, 0.717) is 0 Å². The van der Waals surface area contributed by atoms with Crippen LogP contribution in [0.5, 0.6) is 11.5 Å². The van der Waals surface area contributed by atoms with Crippen LogP contribution < -0.4 is 14.8 Å². The molecule has 112 valence electrons. The fourth-order valence-corrected chi connectivity index (χ4v) is 2.15. The van der Waals surface area contributed by atoms with Crippen LogP contribution in [0.1, 0.15) is 11.1 Å². The van der Waals surface area contributed by atoms with E-state index in [9.17, 15) is 4.39 Å². The highest BCUT2D eigenvalue weighted by Crippen LogP contribution is 2.27. The van der Waals surface area contributed by atoms with E-state index in [1.807, 2.05) is 24.3 Å². The summed E-state index contributed by atoms with van der Waals surface area (Å²) in [6, 6.07) is 12.5. The number of methoxy groups -OCH3 is 2. The van der Waals surface area contributed by atoms with Gasteiger partial charge in [0.2, 0.25) is 0 Å². The molecule has 0 radical (unpaired) electrons. The molecule has 0 aliphatic carbocycles. The van der Waals surface area contributed by atoms with Gasteiger partial charge in [-0.2, -0.15) is 0 Å². The Bertz CT molecular complexity index is 587. The summed E-state index contributed by atoms with van der Waals surface area (Å²) in [6.07, 6.45) is 0.797. The number of hydrogen-bond acceptors (Lipinski definition) is 3. The number of halogens is 1. The van der Waals surface area contributed by atoms with Crippen molar-refractivity contribution in [1.29, 1.82) is 0 Å². The lowest BCUT2D eigenvalue weighted by atomic mass is 10.1. The van der Waals surface area contributed by atoms with E-state index in [0.717, 1.165) is 42.1 Å². The standard InChI is InChI=1S/C17H20FNO2/c1-20-16-7-6-14(11-17(16)21-2)12-19-9-8-13-4-3-5-15(18)10-13/h3-7,10-11,19H,8-9,12H2,1-2H3. The van der Waals surface area contributed by atoms with Crippen LogP contribution in [0.4, 0.5) is 4.39 Å². The maximum absolute atomic E-state index is 13.0. The second-order valence-electron chi connectivity index (χ2n) is 4.75. The first-order chi connectivity index (χ1) is 10.2. The predicted octanol–water partition coefficient (Wildman–Crippen LogP) is 3.18. The third-order valence-corrected chi connectivity index (χ3v) is 3.26. The maximum Gasteiger partial charge on any atom is 0.161 e. The van der Waals surface area contributed by atoms with E-state index >= 15 is 0 Å². The van der Waals surface area contributed by atoms with E-state index in [-0.39, 0.29) is 5.82 Å². The summed E-state index contributed by atoms with van der Waals surface area (Å²) in [5.41, 5.74) is 2.11. The van der Waals surface area contributed by atoms with Gasteiger partial charge in [0.05, 0.1) is 14.2 Å². The molecule has 0 heterocycles. The Kier molecular flexibility index (Phi) is 5.58. The van der Waals surface area contributed by atoms with Gasteiger partial charge in [-0.25, -0.2) is 4.39 Å². The lowest BCUT2D eigenvalue weighted by Crippen LogP contribution is -2.16. The highest BCUT2D eigenvalue weighted by molar-refractivity contribution is 5.42. The molecule has 0 spiro atoms. The molecular weight excluding hydrogens is 269 g/mol. The van der Waals surface area contributed by atoms with Crippen molar-refractivity contribution in [3.8, 4) is 11.5 Å². The van der Waals surface area contributed by atoms with Gasteiger partial charge in [0.1, 0.15) is 5.82 Å². The summed E-state index contributed by atoms with van der Waals surface area (Å²) in [5, 5.41) is 3.34. The molecule has 0 saturated heterocycles. The highest BCUT2D eigenvalue weighted by atomic mass is 19.1. The van der Waals surface area contributed by atoms with Crippen LogP contribution in [-0.2, 0) is 13.0 Å². The Balaban J connectivity index is 1.83. The van der Waals surface area contributed by atoms with E-state index in [4.69, 9.17) is 9.47 Å². The van der Waals surface area contributed by atoms with Crippen LogP contribution >= 0.6 is 0 Å². The molecule has 0 aliphatic heterocycles. The molecule has 0 aromatic heterocycles. The zero-order valence-electron chi connectivity index (χ0n) is 12.4. The van der Waals surface area contributed by atoms with Crippen molar-refractivity contribution in [3.63, 3.8) is 0 Å². The molecule has 0 unspecified atom stereocenters. The van der Waals surface area contributed by atoms with Gasteiger partial charge in [0.15, 0.2) is 11.5 Å². The van der Waals surface area contributed by atoms with Crippen LogP contribution in [-0.4, -0.2) is 20.8 Å². The van der Waals surface area contributed by atoms with Crippen molar-refractivity contribution in [2.24, 2.45) is 0 Å². The molecule has 4 heteroatoms. The molecule has 1 N–H and O–H groups in total. The molecule has 2 rings (SSSR count). The molecule has 0 amide bonds. The fraction of sp³-hybridized carbons (Fsp3) is 0.294. The quantitative estimate of drug-likeness (QED) is 0.794. The first-order valence-electron chi connectivity index (χ1n) is 6.89. The molecule has 2 aromatic rings. The summed E-state index contributed by atoms with van der Waals surface area (Å²) in [5.74, 6) is 1.26. The van der Waals surface area contributed by atoms with Crippen LogP contribution in [0.3, 0.4) is 0 Å². The van der Waals surface area contributed by atoms with Crippen molar-refractivity contribution in [2.75, 3.05) is 20.8 Å². The molecule has 21 heavy (non-hydrogen) atoms. The fourth-order valence-electron chi connectivity index (χ4n) is 2.15. The van der Waals surface area contributed by atoms with E-state index < -0.39 is 0 Å². The van der Waals surface area contributed by atoms with Crippen molar-refractivity contribution < 1.29 is 13.9 Å². The topological polar surface area (TPSA) is 30.5 Å². The third-order valence-electron chi connectivity index (χ3n) is 3.26. The van der Waals surface area contributed by atoms with Crippen LogP contribution in [0.15, 0.2) is 42.5 Å². The van der Waals surface area contributed by atoms with Crippen LogP contribution in [0, 0.1) is 5.82 Å². The zero-order chi connectivity index (χ0) is 15.1. The Morgan fingerprint density at radius 2 is 1.76 bits per heavy atom. The number of ether oxygens (including phenoxy) is 2. The molecular formula is C17H20FNO2. The number of nitrogens with one attached hydrogen (secondary N) is 1. The molecule has 0 atom stereocenters. The van der Waals surface area contributed by atoms with Crippen molar-refractivity contribution in [3.05, 3.63) is 59.4 Å². The lowest BCUT2D eigenvalue weighted by Gasteiger charge is -2.10. The van der Waals surface area contributed by atoms with Gasteiger partial charge in [-0.1, -0.05) is 18.2 Å². The lowest BCUT2D eigenvalue weighted by molar-refractivity contribution is 0.354. The third kappa shape index (κ3) is 4.46. The zero-order valence-corrected chi connectivity index (χ0v) is 12.4. The number of rotatable bonds is 7. The van der Waals surface area contributed by atoms with Gasteiger partial charge in [0.25, 0.3) is 0 Å². The first-order valence-corrected chi connectivity index (χ1v) is 6.89. The first kappa shape index (κ1) is 15.3. The molecule has 0 bridgehead atoms. The highest BCUT2D eigenvalue weighted by Gasteiger charge is 2.04. The van der Waals surface area contributed by atoms with Crippen LogP contribution in [0.25, 0.3) is 0 Å². The van der Waals surface area contributed by atoms with Crippen molar-refractivity contribution >= 4 is 0 Å². The minimum atomic E-state index is -0.188. The van der Waals surface area contributed by atoms with Gasteiger partial charge in [-0.15, -0.1) is 0 Å². The van der Waals surface area contributed by atoms with Crippen molar-refractivity contribution in [2.45, 2.75) is 13.0 Å². The largest absolute Gasteiger partial charge is 0.493 e. The molecule has 2 aromatic carbocycles. The SMILES string of the molecule is COc1ccc(CNCCc2cccc(F)c2)cc1OC. The minimum Gasteiger partial charge on any atom is -0.493 e. The monoisotopic (exact) mass is 289 g/mol. The Morgan fingerprint density at radius 3 is 2.48 bits per heavy atom.